The van der Waals surface area contributed by atoms with Gasteiger partial charge in [-0.1, -0.05) is 38.4 Å². The predicted molar refractivity (Wildman–Crippen MR) is 85.6 cm³/mol. The summed E-state index contributed by atoms with van der Waals surface area (Å²) in [6.45, 7) is 7.64. The molecule has 122 valence electrons. The number of ether oxygens (including phenoxy) is 1. The van der Waals surface area contributed by atoms with Gasteiger partial charge in [-0.25, -0.2) is 4.39 Å². The molecule has 0 aromatic heterocycles. The molecular weight excluding hydrogens is 305 g/mol. The molecular formula is C17H23ClFNO2. The maximum atomic E-state index is 13.2. The summed E-state index contributed by atoms with van der Waals surface area (Å²) in [4.78, 5) is 12.5. The van der Waals surface area contributed by atoms with E-state index >= 15 is 0 Å². The van der Waals surface area contributed by atoms with Crippen molar-refractivity contribution in [1.82, 2.24) is 5.32 Å². The van der Waals surface area contributed by atoms with Gasteiger partial charge in [0.25, 0.3) is 0 Å². The van der Waals surface area contributed by atoms with Crippen LogP contribution in [0.15, 0.2) is 18.2 Å². The second-order valence-electron chi connectivity index (χ2n) is 6.86. The van der Waals surface area contributed by atoms with Crippen LogP contribution < -0.4 is 5.32 Å². The second kappa shape index (κ2) is 6.55. The van der Waals surface area contributed by atoms with Gasteiger partial charge < -0.3 is 10.1 Å². The van der Waals surface area contributed by atoms with Crippen molar-refractivity contribution < 1.29 is 13.9 Å². The smallest absolute Gasteiger partial charge is 0.226 e. The fourth-order valence-corrected chi connectivity index (χ4v) is 3.12. The van der Waals surface area contributed by atoms with E-state index in [9.17, 15) is 9.18 Å². The van der Waals surface area contributed by atoms with E-state index in [0.29, 0.717) is 24.8 Å². The van der Waals surface area contributed by atoms with Gasteiger partial charge in [-0.2, -0.15) is 0 Å². The quantitative estimate of drug-likeness (QED) is 0.916. The highest BCUT2D eigenvalue weighted by molar-refractivity contribution is 6.31. The minimum absolute atomic E-state index is 0.0436. The molecule has 3 nitrogen and oxygen atoms in total. The molecule has 0 bridgehead atoms. The van der Waals surface area contributed by atoms with Gasteiger partial charge >= 0.3 is 0 Å². The fourth-order valence-electron chi connectivity index (χ4n) is 2.70. The summed E-state index contributed by atoms with van der Waals surface area (Å²) in [5.74, 6) is -0.314. The van der Waals surface area contributed by atoms with Gasteiger partial charge in [-0.3, -0.25) is 4.79 Å². The summed E-state index contributed by atoms with van der Waals surface area (Å²) in [5, 5.41) is 3.41. The van der Waals surface area contributed by atoms with Gasteiger partial charge in [0.2, 0.25) is 5.91 Å². The Labute approximate surface area is 136 Å². The topological polar surface area (TPSA) is 38.3 Å². The number of rotatable bonds is 4. The molecule has 2 rings (SSSR count). The molecule has 0 spiro atoms. The number of halogens is 2. The van der Waals surface area contributed by atoms with Crippen molar-refractivity contribution in [2.75, 3.05) is 19.8 Å². The maximum Gasteiger partial charge on any atom is 0.226 e. The molecule has 0 radical (unpaired) electrons. The van der Waals surface area contributed by atoms with Gasteiger partial charge in [-0.15, -0.1) is 0 Å². The van der Waals surface area contributed by atoms with Crippen LogP contribution in [0.1, 0.15) is 39.2 Å². The highest BCUT2D eigenvalue weighted by atomic mass is 35.5. The lowest BCUT2D eigenvalue weighted by molar-refractivity contribution is -0.135. The van der Waals surface area contributed by atoms with Crippen molar-refractivity contribution in [2.24, 2.45) is 5.41 Å². The van der Waals surface area contributed by atoms with Gasteiger partial charge in [0, 0.05) is 30.2 Å². The number of carbonyl (C=O) groups excluding carboxylic acids is 1. The van der Waals surface area contributed by atoms with Gasteiger partial charge in [0.15, 0.2) is 0 Å². The molecule has 0 aliphatic carbocycles. The van der Waals surface area contributed by atoms with Gasteiger partial charge in [-0.05, 0) is 30.5 Å². The molecule has 1 saturated heterocycles. The third-order valence-electron chi connectivity index (χ3n) is 4.50. The Morgan fingerprint density at radius 3 is 2.64 bits per heavy atom. The Bertz CT molecular complexity index is 554. The summed E-state index contributed by atoms with van der Waals surface area (Å²) >= 11 is 6.14. The van der Waals surface area contributed by atoms with Crippen LogP contribution >= 0.6 is 11.6 Å². The number of hydrogen-bond acceptors (Lipinski definition) is 2. The minimum atomic E-state index is -0.374. The highest BCUT2D eigenvalue weighted by Crippen LogP contribution is 2.32. The molecule has 0 unspecified atom stereocenters. The van der Waals surface area contributed by atoms with E-state index in [1.165, 1.54) is 12.1 Å². The molecule has 0 atom stereocenters. The second-order valence-corrected chi connectivity index (χ2v) is 7.27. The Balaban J connectivity index is 2.04. The predicted octanol–water partition coefficient (Wildman–Crippen LogP) is 3.69. The fraction of sp³-hybridized carbons (Fsp3) is 0.588. The molecule has 1 aromatic carbocycles. The van der Waals surface area contributed by atoms with Crippen LogP contribution in [-0.2, 0) is 14.9 Å². The van der Waals surface area contributed by atoms with Crippen molar-refractivity contribution >= 4 is 17.5 Å². The zero-order chi connectivity index (χ0) is 16.4. The molecule has 5 heteroatoms. The molecule has 1 fully saturated rings. The monoisotopic (exact) mass is 327 g/mol. The van der Waals surface area contributed by atoms with E-state index in [-0.39, 0.29) is 22.6 Å². The number of hydrogen-bond donors (Lipinski definition) is 1. The maximum absolute atomic E-state index is 13.2. The zero-order valence-corrected chi connectivity index (χ0v) is 14.1. The number of amides is 1. The summed E-state index contributed by atoms with van der Waals surface area (Å²) in [5.41, 5.74) is 0.0797. The van der Waals surface area contributed by atoms with E-state index in [1.807, 2.05) is 20.8 Å². The molecule has 1 N–H and O–H groups in total. The van der Waals surface area contributed by atoms with Crippen LogP contribution in [0.5, 0.6) is 0 Å². The first kappa shape index (κ1) is 17.2. The van der Waals surface area contributed by atoms with E-state index < -0.39 is 0 Å². The molecule has 0 saturated carbocycles. The lowest BCUT2D eigenvalue weighted by Crippen LogP contribution is -2.46. The van der Waals surface area contributed by atoms with E-state index in [1.54, 1.807) is 6.07 Å². The van der Waals surface area contributed by atoms with Crippen molar-refractivity contribution in [2.45, 2.75) is 39.0 Å². The number of nitrogens with one attached hydrogen (secondary N) is 1. The molecule has 1 aliphatic rings. The Kier molecular flexibility index (Phi) is 5.13. The first-order valence-electron chi connectivity index (χ1n) is 7.56. The Morgan fingerprint density at radius 2 is 2.05 bits per heavy atom. The summed E-state index contributed by atoms with van der Waals surface area (Å²) in [6.07, 6.45) is 1.47. The van der Waals surface area contributed by atoms with Crippen molar-refractivity contribution in [3.05, 3.63) is 34.6 Å². The third-order valence-corrected chi connectivity index (χ3v) is 4.81. The first-order valence-corrected chi connectivity index (χ1v) is 7.94. The van der Waals surface area contributed by atoms with Gasteiger partial charge in [0.1, 0.15) is 5.82 Å². The third kappa shape index (κ3) is 3.79. The first-order chi connectivity index (χ1) is 10.2. The van der Waals surface area contributed by atoms with Crippen LogP contribution in [0, 0.1) is 11.2 Å². The number of carbonyl (C=O) groups is 1. The van der Waals surface area contributed by atoms with E-state index in [4.69, 9.17) is 16.3 Å². The SMILES string of the molecule is CC1(C(=O)NCC(C)(C)c2ccc(F)cc2Cl)CCOCC1. The Hall–Kier alpha value is -1.13. The average Bonchev–Trinajstić information content (AvgIpc) is 2.45. The number of benzene rings is 1. The summed E-state index contributed by atoms with van der Waals surface area (Å²) in [6, 6.07) is 4.38. The largest absolute Gasteiger partial charge is 0.381 e. The van der Waals surface area contributed by atoms with Crippen LogP contribution in [-0.4, -0.2) is 25.7 Å². The van der Waals surface area contributed by atoms with Crippen molar-refractivity contribution in [1.29, 1.82) is 0 Å². The minimum Gasteiger partial charge on any atom is -0.381 e. The summed E-state index contributed by atoms with van der Waals surface area (Å²) < 4.78 is 18.5. The van der Waals surface area contributed by atoms with Crippen LogP contribution in [0.3, 0.4) is 0 Å². The molecule has 1 aromatic rings. The van der Waals surface area contributed by atoms with Crippen LogP contribution in [0.25, 0.3) is 0 Å². The highest BCUT2D eigenvalue weighted by Gasteiger charge is 2.36. The average molecular weight is 328 g/mol. The lowest BCUT2D eigenvalue weighted by Gasteiger charge is -2.34. The normalized spacial score (nSPS) is 18.0. The molecule has 22 heavy (non-hydrogen) atoms. The van der Waals surface area contributed by atoms with Crippen LogP contribution in [0.2, 0.25) is 5.02 Å². The van der Waals surface area contributed by atoms with Gasteiger partial charge in [0.05, 0.1) is 5.41 Å². The summed E-state index contributed by atoms with van der Waals surface area (Å²) in [7, 11) is 0. The molecule has 1 amide bonds. The van der Waals surface area contributed by atoms with Crippen molar-refractivity contribution in [3.63, 3.8) is 0 Å². The van der Waals surface area contributed by atoms with Crippen molar-refractivity contribution in [3.8, 4) is 0 Å². The molecule has 1 aliphatic heterocycles. The lowest BCUT2D eigenvalue weighted by atomic mass is 9.80. The standard InChI is InChI=1S/C17H23ClFNO2/c1-16(2,13-5-4-12(19)10-14(13)18)11-20-15(21)17(3)6-8-22-9-7-17/h4-5,10H,6-9,11H2,1-3H3,(H,20,21). The van der Waals surface area contributed by atoms with E-state index in [0.717, 1.165) is 18.4 Å². The van der Waals surface area contributed by atoms with E-state index in [2.05, 4.69) is 5.32 Å². The molecule has 1 heterocycles. The Morgan fingerprint density at radius 1 is 1.41 bits per heavy atom. The zero-order valence-electron chi connectivity index (χ0n) is 13.3. The van der Waals surface area contributed by atoms with Crippen LogP contribution in [0.4, 0.5) is 4.39 Å².